The molecule has 2 N–H and O–H groups in total. The number of carbonyl (C=O) groups excluding carboxylic acids is 1. The van der Waals surface area contributed by atoms with Gasteiger partial charge in [0, 0.05) is 6.42 Å². The Bertz CT molecular complexity index is 393. The van der Waals surface area contributed by atoms with Gasteiger partial charge < -0.3 is 10.4 Å². The Hall–Kier alpha value is -1.35. The average molecular weight is 249 g/mol. The van der Waals surface area contributed by atoms with Gasteiger partial charge in [-0.25, -0.2) is 0 Å². The van der Waals surface area contributed by atoms with Crippen molar-refractivity contribution in [2.75, 3.05) is 0 Å². The lowest BCUT2D eigenvalue weighted by Crippen LogP contribution is -2.51. The van der Waals surface area contributed by atoms with E-state index in [1.54, 1.807) is 6.92 Å². The van der Waals surface area contributed by atoms with Gasteiger partial charge in [0.15, 0.2) is 0 Å². The van der Waals surface area contributed by atoms with Crippen molar-refractivity contribution in [1.82, 2.24) is 5.32 Å². The molecule has 0 saturated heterocycles. The van der Waals surface area contributed by atoms with Crippen LogP contribution in [0.15, 0.2) is 24.3 Å². The molecule has 1 unspecified atom stereocenters. The van der Waals surface area contributed by atoms with E-state index in [1.807, 2.05) is 45.0 Å². The summed E-state index contributed by atoms with van der Waals surface area (Å²) in [4.78, 5) is 11.8. The summed E-state index contributed by atoms with van der Waals surface area (Å²) in [5, 5.41) is 12.4. The van der Waals surface area contributed by atoms with E-state index < -0.39 is 11.6 Å². The first kappa shape index (κ1) is 14.7. The van der Waals surface area contributed by atoms with Crippen LogP contribution in [0, 0.1) is 6.92 Å². The molecule has 1 aromatic carbocycles. The lowest BCUT2D eigenvalue weighted by molar-refractivity contribution is -0.123. The maximum atomic E-state index is 11.8. The van der Waals surface area contributed by atoms with Crippen molar-refractivity contribution in [2.45, 2.75) is 52.2 Å². The van der Waals surface area contributed by atoms with Crippen molar-refractivity contribution < 1.29 is 9.90 Å². The highest BCUT2D eigenvalue weighted by Crippen LogP contribution is 2.10. The molecule has 3 heteroatoms. The van der Waals surface area contributed by atoms with Crippen molar-refractivity contribution in [1.29, 1.82) is 0 Å². The van der Waals surface area contributed by atoms with Crippen LogP contribution in [0.4, 0.5) is 0 Å². The molecular formula is C15H23NO2. The molecular weight excluding hydrogens is 226 g/mol. The molecule has 0 aliphatic heterocycles. The minimum Gasteiger partial charge on any atom is -0.391 e. The molecule has 1 aromatic rings. The second-order valence-corrected chi connectivity index (χ2v) is 5.43. The molecule has 1 rings (SSSR count). The fourth-order valence-corrected chi connectivity index (χ4v) is 1.54. The summed E-state index contributed by atoms with van der Waals surface area (Å²) in [7, 11) is 0. The predicted octanol–water partition coefficient (Wildman–Crippen LogP) is 2.20. The van der Waals surface area contributed by atoms with Crippen LogP contribution in [0.2, 0.25) is 0 Å². The molecule has 0 bridgehead atoms. The van der Waals surface area contributed by atoms with Gasteiger partial charge in [0.25, 0.3) is 0 Å². The quantitative estimate of drug-likeness (QED) is 0.840. The minimum absolute atomic E-state index is 0.0264. The van der Waals surface area contributed by atoms with Gasteiger partial charge >= 0.3 is 0 Å². The van der Waals surface area contributed by atoms with Crippen LogP contribution in [-0.2, 0) is 11.2 Å². The highest BCUT2D eigenvalue weighted by atomic mass is 16.3. The first-order chi connectivity index (χ1) is 8.31. The fourth-order valence-electron chi connectivity index (χ4n) is 1.54. The SMILES string of the molecule is Cc1ccc(CCC(=O)NC(C)(C)C(C)O)cc1. The number of aryl methyl sites for hydroxylation is 2. The Labute approximate surface area is 109 Å². The number of rotatable bonds is 5. The first-order valence-corrected chi connectivity index (χ1v) is 6.36. The Balaban J connectivity index is 2.44. The molecule has 18 heavy (non-hydrogen) atoms. The molecule has 100 valence electrons. The van der Waals surface area contributed by atoms with Gasteiger partial charge in [-0.1, -0.05) is 29.8 Å². The number of aliphatic hydroxyl groups is 1. The number of aliphatic hydroxyl groups excluding tert-OH is 1. The molecule has 0 aliphatic carbocycles. The molecule has 0 radical (unpaired) electrons. The molecule has 0 aromatic heterocycles. The summed E-state index contributed by atoms with van der Waals surface area (Å²) in [5.41, 5.74) is 1.80. The van der Waals surface area contributed by atoms with E-state index in [9.17, 15) is 9.90 Å². The molecule has 0 heterocycles. The Morgan fingerprint density at radius 2 is 1.89 bits per heavy atom. The van der Waals surface area contributed by atoms with Crippen molar-refractivity contribution in [3.8, 4) is 0 Å². The Morgan fingerprint density at radius 3 is 2.39 bits per heavy atom. The number of nitrogens with one attached hydrogen (secondary N) is 1. The predicted molar refractivity (Wildman–Crippen MR) is 73.4 cm³/mol. The smallest absolute Gasteiger partial charge is 0.220 e. The topological polar surface area (TPSA) is 49.3 Å². The third kappa shape index (κ3) is 4.49. The van der Waals surface area contributed by atoms with E-state index in [2.05, 4.69) is 5.32 Å². The number of hydrogen-bond acceptors (Lipinski definition) is 2. The van der Waals surface area contributed by atoms with Gasteiger partial charge in [-0.15, -0.1) is 0 Å². The highest BCUT2D eigenvalue weighted by Gasteiger charge is 2.25. The normalized spacial score (nSPS) is 13.2. The lowest BCUT2D eigenvalue weighted by atomic mass is 9.98. The molecule has 0 spiro atoms. The summed E-state index contributed by atoms with van der Waals surface area (Å²) in [6, 6.07) is 8.19. The van der Waals surface area contributed by atoms with E-state index in [1.165, 1.54) is 5.56 Å². The second kappa shape index (κ2) is 6.01. The summed E-state index contributed by atoms with van der Waals surface area (Å²) >= 11 is 0. The van der Waals surface area contributed by atoms with Crippen molar-refractivity contribution in [3.63, 3.8) is 0 Å². The third-order valence-electron chi connectivity index (χ3n) is 3.27. The fraction of sp³-hybridized carbons (Fsp3) is 0.533. The van der Waals surface area contributed by atoms with Crippen LogP contribution < -0.4 is 5.32 Å². The number of hydrogen-bond donors (Lipinski definition) is 2. The summed E-state index contributed by atoms with van der Waals surface area (Å²) in [6.45, 7) is 7.37. The van der Waals surface area contributed by atoms with E-state index in [4.69, 9.17) is 0 Å². The summed E-state index contributed by atoms with van der Waals surface area (Å²) in [5.74, 6) is -0.0264. The van der Waals surface area contributed by atoms with E-state index >= 15 is 0 Å². The third-order valence-corrected chi connectivity index (χ3v) is 3.27. The molecule has 1 atom stereocenters. The maximum Gasteiger partial charge on any atom is 0.220 e. The van der Waals surface area contributed by atoms with E-state index in [-0.39, 0.29) is 5.91 Å². The van der Waals surface area contributed by atoms with E-state index in [0.717, 1.165) is 12.0 Å². The molecule has 3 nitrogen and oxygen atoms in total. The monoisotopic (exact) mass is 249 g/mol. The van der Waals surface area contributed by atoms with Crippen LogP contribution in [0.1, 0.15) is 38.3 Å². The van der Waals surface area contributed by atoms with E-state index in [0.29, 0.717) is 6.42 Å². The standard InChI is InChI=1S/C15H23NO2/c1-11-5-7-13(8-6-11)9-10-14(18)16-15(3,4)12(2)17/h5-8,12,17H,9-10H2,1-4H3,(H,16,18). The van der Waals surface area contributed by atoms with Crippen molar-refractivity contribution in [3.05, 3.63) is 35.4 Å². The van der Waals surface area contributed by atoms with Gasteiger partial charge in [0.05, 0.1) is 11.6 Å². The van der Waals surface area contributed by atoms with Crippen molar-refractivity contribution in [2.24, 2.45) is 0 Å². The molecule has 0 fully saturated rings. The largest absolute Gasteiger partial charge is 0.391 e. The summed E-state index contributed by atoms with van der Waals surface area (Å²) in [6.07, 6.45) is 0.599. The number of amides is 1. The number of carbonyl (C=O) groups is 1. The Kier molecular flexibility index (Phi) is 4.91. The van der Waals surface area contributed by atoms with Crippen LogP contribution in [-0.4, -0.2) is 22.7 Å². The van der Waals surface area contributed by atoms with Gasteiger partial charge in [-0.2, -0.15) is 0 Å². The van der Waals surface area contributed by atoms with Crippen LogP contribution in [0.5, 0.6) is 0 Å². The molecule has 1 amide bonds. The Morgan fingerprint density at radius 1 is 1.33 bits per heavy atom. The first-order valence-electron chi connectivity index (χ1n) is 6.36. The highest BCUT2D eigenvalue weighted by molar-refractivity contribution is 5.77. The molecule has 0 aliphatic rings. The zero-order valence-electron chi connectivity index (χ0n) is 11.7. The van der Waals surface area contributed by atoms with Gasteiger partial charge in [0.2, 0.25) is 5.91 Å². The zero-order chi connectivity index (χ0) is 13.8. The van der Waals surface area contributed by atoms with Gasteiger partial charge in [-0.3, -0.25) is 4.79 Å². The van der Waals surface area contributed by atoms with Crippen LogP contribution in [0.25, 0.3) is 0 Å². The zero-order valence-corrected chi connectivity index (χ0v) is 11.7. The van der Waals surface area contributed by atoms with Gasteiger partial charge in [0.1, 0.15) is 0 Å². The number of benzene rings is 1. The average Bonchev–Trinajstić information content (AvgIpc) is 2.27. The maximum absolute atomic E-state index is 11.8. The second-order valence-electron chi connectivity index (χ2n) is 5.43. The molecule has 0 saturated carbocycles. The summed E-state index contributed by atoms with van der Waals surface area (Å²) < 4.78 is 0. The lowest BCUT2D eigenvalue weighted by Gasteiger charge is -2.29. The van der Waals surface area contributed by atoms with Crippen LogP contribution >= 0.6 is 0 Å². The van der Waals surface area contributed by atoms with Crippen molar-refractivity contribution >= 4 is 5.91 Å². The van der Waals surface area contributed by atoms with Gasteiger partial charge in [-0.05, 0) is 39.7 Å². The van der Waals surface area contributed by atoms with Crippen LogP contribution in [0.3, 0.4) is 0 Å². The minimum atomic E-state index is -0.579.